The molecular formula is C17H20N4O3. The molecule has 0 radical (unpaired) electrons. The highest BCUT2D eigenvalue weighted by molar-refractivity contribution is 5.95. The van der Waals surface area contributed by atoms with Gasteiger partial charge in [0.05, 0.1) is 6.04 Å². The molecule has 0 saturated carbocycles. The Hall–Kier alpha value is -2.57. The summed E-state index contributed by atoms with van der Waals surface area (Å²) >= 11 is 0. The Bertz CT molecular complexity index is 800. The number of aryl methyl sites for hydroxylation is 1. The largest absolute Gasteiger partial charge is 0.449 e. The van der Waals surface area contributed by atoms with Crippen LogP contribution in [0.3, 0.4) is 0 Å². The number of piperidine rings is 1. The van der Waals surface area contributed by atoms with Crippen LogP contribution in [0.5, 0.6) is 0 Å². The van der Waals surface area contributed by atoms with Crippen molar-refractivity contribution in [2.75, 3.05) is 26.2 Å². The molecule has 24 heavy (non-hydrogen) atoms. The minimum atomic E-state index is -0.130. The molecule has 2 aliphatic rings. The van der Waals surface area contributed by atoms with Gasteiger partial charge >= 0.3 is 6.03 Å². The maximum absolute atomic E-state index is 12.8. The van der Waals surface area contributed by atoms with Crippen LogP contribution >= 0.6 is 0 Å². The summed E-state index contributed by atoms with van der Waals surface area (Å²) < 4.78 is 5.67. The summed E-state index contributed by atoms with van der Waals surface area (Å²) in [6, 6.07) is 5.45. The fourth-order valence-corrected chi connectivity index (χ4v) is 3.52. The lowest BCUT2D eigenvalue weighted by molar-refractivity contribution is 0.0606. The Morgan fingerprint density at radius 3 is 3.04 bits per heavy atom. The van der Waals surface area contributed by atoms with Crippen LogP contribution in [0, 0.1) is 6.92 Å². The minimum absolute atomic E-state index is 0.0299. The number of nitrogens with one attached hydrogen (secondary N) is 1. The molecule has 0 bridgehead atoms. The molecule has 7 nitrogen and oxygen atoms in total. The summed E-state index contributed by atoms with van der Waals surface area (Å²) in [4.78, 5) is 32.6. The highest BCUT2D eigenvalue weighted by Gasteiger charge is 2.33. The number of furan rings is 1. The molecule has 4 rings (SSSR count). The molecule has 0 aliphatic carbocycles. The summed E-state index contributed by atoms with van der Waals surface area (Å²) in [5.41, 5.74) is 2.21. The van der Waals surface area contributed by atoms with Crippen LogP contribution in [0.15, 0.2) is 22.6 Å². The summed E-state index contributed by atoms with van der Waals surface area (Å²) in [6.45, 7) is 4.53. The Morgan fingerprint density at radius 1 is 1.38 bits per heavy atom. The molecular weight excluding hydrogens is 308 g/mol. The van der Waals surface area contributed by atoms with E-state index in [0.29, 0.717) is 43.0 Å². The quantitative estimate of drug-likeness (QED) is 0.911. The maximum Gasteiger partial charge on any atom is 0.317 e. The molecule has 1 unspecified atom stereocenters. The van der Waals surface area contributed by atoms with E-state index in [0.717, 1.165) is 18.5 Å². The summed E-state index contributed by atoms with van der Waals surface area (Å²) in [6.07, 6.45) is 1.82. The maximum atomic E-state index is 12.8. The second-order valence-electron chi connectivity index (χ2n) is 6.42. The van der Waals surface area contributed by atoms with Crippen molar-refractivity contribution in [3.05, 3.63) is 29.7 Å². The van der Waals surface area contributed by atoms with Crippen LogP contribution in [0.25, 0.3) is 11.1 Å². The van der Waals surface area contributed by atoms with Crippen LogP contribution in [-0.2, 0) is 0 Å². The van der Waals surface area contributed by atoms with Crippen LogP contribution in [0.2, 0.25) is 0 Å². The zero-order valence-corrected chi connectivity index (χ0v) is 13.6. The van der Waals surface area contributed by atoms with Crippen molar-refractivity contribution in [3.63, 3.8) is 0 Å². The van der Waals surface area contributed by atoms with E-state index in [2.05, 4.69) is 10.3 Å². The molecule has 7 heteroatoms. The average molecular weight is 328 g/mol. The van der Waals surface area contributed by atoms with E-state index in [-0.39, 0.29) is 18.0 Å². The lowest BCUT2D eigenvalue weighted by Crippen LogP contribution is -2.50. The van der Waals surface area contributed by atoms with Gasteiger partial charge in [0.25, 0.3) is 5.91 Å². The van der Waals surface area contributed by atoms with Gasteiger partial charge in [-0.1, -0.05) is 0 Å². The van der Waals surface area contributed by atoms with E-state index in [1.165, 1.54) is 0 Å². The Kier molecular flexibility index (Phi) is 3.63. The van der Waals surface area contributed by atoms with E-state index in [1.807, 2.05) is 24.0 Å². The van der Waals surface area contributed by atoms with Gasteiger partial charge in [-0.15, -0.1) is 0 Å². The van der Waals surface area contributed by atoms with Gasteiger partial charge in [0.2, 0.25) is 0 Å². The van der Waals surface area contributed by atoms with Gasteiger partial charge in [0.15, 0.2) is 11.3 Å². The monoisotopic (exact) mass is 328 g/mol. The van der Waals surface area contributed by atoms with E-state index < -0.39 is 0 Å². The first-order valence-electron chi connectivity index (χ1n) is 8.33. The fourth-order valence-electron chi connectivity index (χ4n) is 3.52. The normalized spacial score (nSPS) is 21.4. The Morgan fingerprint density at radius 2 is 2.25 bits per heavy atom. The Labute approximate surface area is 139 Å². The van der Waals surface area contributed by atoms with Crippen molar-refractivity contribution in [1.82, 2.24) is 20.1 Å². The predicted octanol–water partition coefficient (Wildman–Crippen LogP) is 1.77. The molecule has 1 N–H and O–H groups in total. The number of carbonyl (C=O) groups is 2. The second-order valence-corrected chi connectivity index (χ2v) is 6.42. The van der Waals surface area contributed by atoms with Crippen molar-refractivity contribution in [3.8, 4) is 0 Å². The number of carbonyl (C=O) groups excluding carboxylic acids is 2. The Balaban J connectivity index is 1.53. The van der Waals surface area contributed by atoms with Crippen LogP contribution in [-0.4, -0.2) is 58.9 Å². The molecule has 0 spiro atoms. The number of hydrogen-bond donors (Lipinski definition) is 1. The third-order valence-corrected chi connectivity index (χ3v) is 4.74. The highest BCUT2D eigenvalue weighted by atomic mass is 16.3. The first-order valence-corrected chi connectivity index (χ1v) is 8.33. The van der Waals surface area contributed by atoms with Gasteiger partial charge < -0.3 is 19.5 Å². The number of fused-ring (bicyclic) bond motifs is 1. The molecule has 3 amide bonds. The van der Waals surface area contributed by atoms with Crippen molar-refractivity contribution in [1.29, 1.82) is 0 Å². The molecule has 126 valence electrons. The van der Waals surface area contributed by atoms with Crippen molar-refractivity contribution in [2.24, 2.45) is 0 Å². The molecule has 2 aromatic heterocycles. The average Bonchev–Trinajstić information content (AvgIpc) is 3.20. The van der Waals surface area contributed by atoms with Gasteiger partial charge in [-0.05, 0) is 31.9 Å². The summed E-state index contributed by atoms with van der Waals surface area (Å²) in [5, 5.41) is 2.82. The minimum Gasteiger partial charge on any atom is -0.449 e. The number of urea groups is 1. The molecule has 2 saturated heterocycles. The number of hydrogen-bond acceptors (Lipinski definition) is 4. The van der Waals surface area contributed by atoms with E-state index >= 15 is 0 Å². The zero-order valence-electron chi connectivity index (χ0n) is 13.6. The third kappa shape index (κ3) is 2.60. The number of aromatic nitrogens is 1. The number of rotatable bonds is 2. The van der Waals surface area contributed by atoms with Gasteiger partial charge in [-0.2, -0.15) is 0 Å². The van der Waals surface area contributed by atoms with Gasteiger partial charge in [-0.3, -0.25) is 4.79 Å². The lowest BCUT2D eigenvalue weighted by atomic mass is 10.0. The van der Waals surface area contributed by atoms with E-state index in [9.17, 15) is 9.59 Å². The predicted molar refractivity (Wildman–Crippen MR) is 87.8 cm³/mol. The van der Waals surface area contributed by atoms with Crippen LogP contribution in [0.4, 0.5) is 4.79 Å². The highest BCUT2D eigenvalue weighted by Crippen LogP contribution is 2.23. The fraction of sp³-hybridized carbons (Fsp3) is 0.471. The van der Waals surface area contributed by atoms with Crippen molar-refractivity contribution < 1.29 is 14.0 Å². The number of pyridine rings is 1. The third-order valence-electron chi connectivity index (χ3n) is 4.74. The molecule has 2 fully saturated rings. The smallest absolute Gasteiger partial charge is 0.317 e. The first kappa shape index (κ1) is 15.0. The van der Waals surface area contributed by atoms with Crippen LogP contribution in [0.1, 0.15) is 29.1 Å². The number of likely N-dealkylation sites (tertiary alicyclic amines) is 1. The van der Waals surface area contributed by atoms with Crippen LogP contribution < -0.4 is 5.32 Å². The van der Waals surface area contributed by atoms with Gasteiger partial charge in [-0.25, -0.2) is 9.78 Å². The zero-order chi connectivity index (χ0) is 16.7. The molecule has 4 heterocycles. The molecule has 0 aromatic carbocycles. The SMILES string of the molecule is Cc1ccc2oc(C(=O)N3CCCC(N4CCNC4=O)C3)cc2n1. The summed E-state index contributed by atoms with van der Waals surface area (Å²) in [5.74, 6) is 0.185. The topological polar surface area (TPSA) is 78.7 Å². The molecule has 1 atom stereocenters. The summed E-state index contributed by atoms with van der Waals surface area (Å²) in [7, 11) is 0. The van der Waals surface area contributed by atoms with E-state index in [1.54, 1.807) is 11.0 Å². The van der Waals surface area contributed by atoms with Gasteiger partial charge in [0, 0.05) is 37.9 Å². The van der Waals surface area contributed by atoms with Crippen molar-refractivity contribution >= 4 is 23.0 Å². The molecule has 2 aliphatic heterocycles. The molecule has 2 aromatic rings. The number of amides is 3. The lowest BCUT2D eigenvalue weighted by Gasteiger charge is -2.36. The number of nitrogens with zero attached hydrogens (tertiary/aromatic N) is 3. The standard InChI is InChI=1S/C17H20N4O3/c1-11-4-5-14-13(19-11)9-15(24-14)16(22)20-7-2-3-12(10-20)21-8-6-18-17(21)23/h4-5,9,12H,2-3,6-8,10H2,1H3,(H,18,23). The van der Waals surface area contributed by atoms with Crippen molar-refractivity contribution in [2.45, 2.75) is 25.8 Å². The first-order chi connectivity index (χ1) is 11.6. The second kappa shape index (κ2) is 5.81. The van der Waals surface area contributed by atoms with E-state index in [4.69, 9.17) is 4.42 Å². The van der Waals surface area contributed by atoms with Gasteiger partial charge in [0.1, 0.15) is 5.52 Å².